The number of halogens is 1. The molecule has 0 aliphatic carbocycles. The molecule has 5 heteroatoms. The highest BCUT2D eigenvalue weighted by molar-refractivity contribution is 9.10. The minimum absolute atomic E-state index is 0.183. The summed E-state index contributed by atoms with van der Waals surface area (Å²) < 4.78 is 0.748. The molecular formula is C18H19BrN2OS. The molecule has 0 spiro atoms. The van der Waals surface area contributed by atoms with E-state index in [0.29, 0.717) is 10.7 Å². The molecule has 1 atom stereocenters. The van der Waals surface area contributed by atoms with Crippen molar-refractivity contribution in [1.82, 2.24) is 10.6 Å². The lowest BCUT2D eigenvalue weighted by molar-refractivity contribution is 0.0976. The highest BCUT2D eigenvalue weighted by atomic mass is 79.9. The first-order chi connectivity index (χ1) is 11.1. The minimum atomic E-state index is -0.217. The molecule has 0 saturated heterocycles. The van der Waals surface area contributed by atoms with Gasteiger partial charge in [-0.2, -0.15) is 0 Å². The van der Waals surface area contributed by atoms with Crippen LogP contribution in [0.1, 0.15) is 29.3 Å². The van der Waals surface area contributed by atoms with Gasteiger partial charge in [0.2, 0.25) is 0 Å². The number of carbonyl (C=O) groups excluding carboxylic acids is 1. The maximum Gasteiger partial charge on any atom is 0.258 e. The Hall–Kier alpha value is -1.72. The molecule has 3 nitrogen and oxygen atoms in total. The molecule has 0 aromatic heterocycles. The molecule has 0 fully saturated rings. The standard InChI is InChI=1S/C18H19BrN2OS/c1-13(11-12-14-7-3-2-4-8-14)20-18(23)21-17(22)15-9-5-6-10-16(15)19/h2-10,13H,11-12H2,1H3,(H2,20,21,22,23)/t13-/m0/s1. The van der Waals surface area contributed by atoms with Crippen LogP contribution < -0.4 is 10.6 Å². The number of rotatable bonds is 5. The zero-order valence-corrected chi connectivity index (χ0v) is 15.3. The second-order valence-electron chi connectivity index (χ2n) is 5.33. The van der Waals surface area contributed by atoms with Crippen LogP contribution >= 0.6 is 28.1 Å². The summed E-state index contributed by atoms with van der Waals surface area (Å²) in [6.45, 7) is 2.06. The Bertz CT molecular complexity index is 676. The highest BCUT2D eigenvalue weighted by Crippen LogP contribution is 2.15. The molecular weight excluding hydrogens is 372 g/mol. The minimum Gasteiger partial charge on any atom is -0.360 e. The summed E-state index contributed by atoms with van der Waals surface area (Å²) in [5.41, 5.74) is 1.86. The Labute approximate surface area is 150 Å². The molecule has 0 aliphatic heterocycles. The Morgan fingerprint density at radius 3 is 2.48 bits per heavy atom. The van der Waals surface area contributed by atoms with E-state index in [-0.39, 0.29) is 11.9 Å². The van der Waals surface area contributed by atoms with Gasteiger partial charge in [0, 0.05) is 10.5 Å². The van der Waals surface area contributed by atoms with Gasteiger partial charge in [-0.05, 0) is 65.6 Å². The molecule has 0 aliphatic rings. The molecule has 23 heavy (non-hydrogen) atoms. The Balaban J connectivity index is 1.80. The third-order valence-corrected chi connectivity index (χ3v) is 4.34. The molecule has 0 saturated carbocycles. The van der Waals surface area contributed by atoms with E-state index >= 15 is 0 Å². The van der Waals surface area contributed by atoms with Crippen LogP contribution in [0.25, 0.3) is 0 Å². The molecule has 0 heterocycles. The Kier molecular flexibility index (Phi) is 6.74. The maximum absolute atomic E-state index is 12.2. The first-order valence-corrected chi connectivity index (χ1v) is 8.66. The topological polar surface area (TPSA) is 41.1 Å². The summed E-state index contributed by atoms with van der Waals surface area (Å²) in [4.78, 5) is 12.2. The van der Waals surface area contributed by atoms with E-state index in [1.165, 1.54) is 5.56 Å². The molecule has 0 bridgehead atoms. The van der Waals surface area contributed by atoms with Gasteiger partial charge in [-0.1, -0.05) is 42.5 Å². The van der Waals surface area contributed by atoms with Gasteiger partial charge in [-0.25, -0.2) is 0 Å². The fourth-order valence-electron chi connectivity index (χ4n) is 2.18. The van der Waals surface area contributed by atoms with Crippen molar-refractivity contribution in [2.24, 2.45) is 0 Å². The van der Waals surface area contributed by atoms with E-state index in [1.807, 2.05) is 36.4 Å². The summed E-state index contributed by atoms with van der Waals surface area (Å²) >= 11 is 8.59. The molecule has 2 rings (SSSR count). The van der Waals surface area contributed by atoms with Crippen LogP contribution in [0.2, 0.25) is 0 Å². The van der Waals surface area contributed by atoms with E-state index < -0.39 is 0 Å². The molecule has 2 aromatic carbocycles. The number of carbonyl (C=O) groups is 1. The first-order valence-electron chi connectivity index (χ1n) is 7.46. The van der Waals surface area contributed by atoms with Crippen LogP contribution in [0.5, 0.6) is 0 Å². The van der Waals surface area contributed by atoms with Crippen molar-refractivity contribution in [1.29, 1.82) is 0 Å². The van der Waals surface area contributed by atoms with Crippen molar-refractivity contribution in [3.63, 3.8) is 0 Å². The lowest BCUT2D eigenvalue weighted by atomic mass is 10.1. The molecule has 120 valence electrons. The van der Waals surface area contributed by atoms with Gasteiger partial charge in [-0.15, -0.1) is 0 Å². The third kappa shape index (κ3) is 5.77. The van der Waals surface area contributed by atoms with Crippen molar-refractivity contribution < 1.29 is 4.79 Å². The number of benzene rings is 2. The second-order valence-corrected chi connectivity index (χ2v) is 6.60. The predicted molar refractivity (Wildman–Crippen MR) is 102 cm³/mol. The van der Waals surface area contributed by atoms with Crippen molar-refractivity contribution in [2.75, 3.05) is 0 Å². The van der Waals surface area contributed by atoms with Crippen molar-refractivity contribution >= 4 is 39.2 Å². The second kappa shape index (κ2) is 8.79. The van der Waals surface area contributed by atoms with Gasteiger partial charge in [0.15, 0.2) is 5.11 Å². The van der Waals surface area contributed by atoms with Crippen LogP contribution in [0.15, 0.2) is 59.1 Å². The molecule has 0 unspecified atom stereocenters. The third-order valence-electron chi connectivity index (χ3n) is 3.43. The SMILES string of the molecule is C[C@@H](CCc1ccccc1)NC(=S)NC(=O)c1ccccc1Br. The number of amides is 1. The van der Waals surface area contributed by atoms with Crippen molar-refractivity contribution in [3.05, 3.63) is 70.2 Å². The van der Waals surface area contributed by atoms with E-state index in [1.54, 1.807) is 6.07 Å². The molecule has 1 amide bonds. The van der Waals surface area contributed by atoms with Crippen LogP contribution in [-0.2, 0) is 6.42 Å². The summed E-state index contributed by atoms with van der Waals surface area (Å²) in [6.07, 6.45) is 1.91. The van der Waals surface area contributed by atoms with E-state index in [9.17, 15) is 4.79 Å². The van der Waals surface area contributed by atoms with Crippen LogP contribution in [0.3, 0.4) is 0 Å². The Morgan fingerprint density at radius 2 is 1.78 bits per heavy atom. The van der Waals surface area contributed by atoms with Gasteiger partial charge < -0.3 is 5.32 Å². The molecule has 0 radical (unpaired) electrons. The van der Waals surface area contributed by atoms with Gasteiger partial charge in [0.05, 0.1) is 5.56 Å². The number of aryl methyl sites for hydroxylation is 1. The van der Waals surface area contributed by atoms with Crippen molar-refractivity contribution in [2.45, 2.75) is 25.8 Å². The van der Waals surface area contributed by atoms with Crippen molar-refractivity contribution in [3.8, 4) is 0 Å². The van der Waals surface area contributed by atoms with Gasteiger partial charge >= 0.3 is 0 Å². The lowest BCUT2D eigenvalue weighted by Gasteiger charge is -2.16. The predicted octanol–water partition coefficient (Wildman–Crippen LogP) is 4.07. The largest absolute Gasteiger partial charge is 0.360 e. The summed E-state index contributed by atoms with van der Waals surface area (Å²) in [5.74, 6) is -0.217. The molecule has 2 N–H and O–H groups in total. The highest BCUT2D eigenvalue weighted by Gasteiger charge is 2.12. The number of thiocarbonyl (C=S) groups is 1. The summed E-state index contributed by atoms with van der Waals surface area (Å²) in [5, 5.41) is 6.23. The normalized spacial score (nSPS) is 11.6. The van der Waals surface area contributed by atoms with Crippen LogP contribution in [0.4, 0.5) is 0 Å². The summed E-state index contributed by atoms with van der Waals surface area (Å²) in [7, 11) is 0. The van der Waals surface area contributed by atoms with Gasteiger partial charge in [0.25, 0.3) is 5.91 Å². The van der Waals surface area contributed by atoms with Gasteiger partial charge in [-0.3, -0.25) is 10.1 Å². The zero-order valence-electron chi connectivity index (χ0n) is 12.9. The number of nitrogens with one attached hydrogen (secondary N) is 2. The number of hydrogen-bond acceptors (Lipinski definition) is 2. The Morgan fingerprint density at radius 1 is 1.13 bits per heavy atom. The quantitative estimate of drug-likeness (QED) is 0.755. The fourth-order valence-corrected chi connectivity index (χ4v) is 2.93. The molecule has 2 aromatic rings. The average molecular weight is 391 g/mol. The first kappa shape index (κ1) is 17.6. The maximum atomic E-state index is 12.2. The number of hydrogen-bond donors (Lipinski definition) is 2. The van der Waals surface area contributed by atoms with E-state index in [2.05, 4.69) is 45.6 Å². The smallest absolute Gasteiger partial charge is 0.258 e. The lowest BCUT2D eigenvalue weighted by Crippen LogP contribution is -2.43. The summed E-state index contributed by atoms with van der Waals surface area (Å²) in [6, 6.07) is 17.8. The van der Waals surface area contributed by atoms with Crippen LogP contribution in [-0.4, -0.2) is 17.1 Å². The zero-order chi connectivity index (χ0) is 16.7. The fraction of sp³-hybridized carbons (Fsp3) is 0.222. The van der Waals surface area contributed by atoms with Crippen LogP contribution in [0, 0.1) is 0 Å². The average Bonchev–Trinajstić information content (AvgIpc) is 2.54. The monoisotopic (exact) mass is 390 g/mol. The van der Waals surface area contributed by atoms with Gasteiger partial charge in [0.1, 0.15) is 0 Å². The van der Waals surface area contributed by atoms with E-state index in [0.717, 1.165) is 17.3 Å². The van der Waals surface area contributed by atoms with E-state index in [4.69, 9.17) is 12.2 Å².